The molecule has 1 heterocycles. The normalized spacial score (nSPS) is 21.6. The average molecular weight is 286 g/mol. The van der Waals surface area contributed by atoms with Gasteiger partial charge >= 0.3 is 0 Å². The van der Waals surface area contributed by atoms with Gasteiger partial charge in [0.1, 0.15) is 0 Å². The second-order valence-electron chi connectivity index (χ2n) is 5.37. The van der Waals surface area contributed by atoms with Crippen LogP contribution in [0.15, 0.2) is 24.3 Å². The molecule has 1 aliphatic heterocycles. The zero-order valence-electron chi connectivity index (χ0n) is 12.6. The van der Waals surface area contributed by atoms with Crippen molar-refractivity contribution in [2.24, 2.45) is 11.7 Å². The molecule has 0 spiro atoms. The first-order valence-electron chi connectivity index (χ1n) is 7.26. The molecule has 0 saturated carbocycles. The van der Waals surface area contributed by atoms with Crippen LogP contribution in [0, 0.1) is 17.8 Å². The van der Waals surface area contributed by atoms with E-state index in [0.29, 0.717) is 24.6 Å². The monoisotopic (exact) mass is 286 g/mol. The van der Waals surface area contributed by atoms with Crippen LogP contribution in [0.25, 0.3) is 0 Å². The van der Waals surface area contributed by atoms with Gasteiger partial charge in [0.15, 0.2) is 0 Å². The van der Waals surface area contributed by atoms with Crippen molar-refractivity contribution in [1.82, 2.24) is 4.90 Å². The lowest BCUT2D eigenvalue weighted by Gasteiger charge is -2.36. The van der Waals surface area contributed by atoms with Crippen LogP contribution < -0.4 is 5.73 Å². The minimum absolute atomic E-state index is 0.0577. The van der Waals surface area contributed by atoms with E-state index < -0.39 is 0 Å². The van der Waals surface area contributed by atoms with Gasteiger partial charge in [-0.05, 0) is 36.6 Å². The SMILES string of the molecule is COC1CN(C(=O)c2ccc(C#CCN)cc2)CCC1C. The number of methoxy groups -OCH3 is 1. The van der Waals surface area contributed by atoms with Gasteiger partial charge in [0.2, 0.25) is 0 Å². The van der Waals surface area contributed by atoms with Crippen molar-refractivity contribution in [3.8, 4) is 11.8 Å². The van der Waals surface area contributed by atoms with Crippen molar-refractivity contribution in [2.75, 3.05) is 26.7 Å². The Kier molecular flexibility index (Phi) is 5.38. The van der Waals surface area contributed by atoms with E-state index in [-0.39, 0.29) is 12.0 Å². The molecule has 0 radical (unpaired) electrons. The van der Waals surface area contributed by atoms with Gasteiger partial charge in [-0.2, -0.15) is 0 Å². The smallest absolute Gasteiger partial charge is 0.253 e. The zero-order chi connectivity index (χ0) is 15.2. The number of rotatable bonds is 2. The fourth-order valence-electron chi connectivity index (χ4n) is 2.56. The molecule has 112 valence electrons. The van der Waals surface area contributed by atoms with Crippen LogP contribution in [0.4, 0.5) is 0 Å². The van der Waals surface area contributed by atoms with Crippen LogP contribution in [0.5, 0.6) is 0 Å². The van der Waals surface area contributed by atoms with Crippen molar-refractivity contribution >= 4 is 5.91 Å². The van der Waals surface area contributed by atoms with Crippen LogP contribution in [-0.2, 0) is 4.74 Å². The quantitative estimate of drug-likeness (QED) is 0.838. The molecule has 0 aromatic heterocycles. The fourth-order valence-corrected chi connectivity index (χ4v) is 2.56. The van der Waals surface area contributed by atoms with E-state index in [2.05, 4.69) is 18.8 Å². The summed E-state index contributed by atoms with van der Waals surface area (Å²) in [5, 5.41) is 0. The molecule has 21 heavy (non-hydrogen) atoms. The van der Waals surface area contributed by atoms with Gasteiger partial charge in [-0.15, -0.1) is 0 Å². The van der Waals surface area contributed by atoms with E-state index >= 15 is 0 Å². The summed E-state index contributed by atoms with van der Waals surface area (Å²) < 4.78 is 5.46. The first kappa shape index (κ1) is 15.6. The number of likely N-dealkylation sites (tertiary alicyclic amines) is 1. The summed E-state index contributed by atoms with van der Waals surface area (Å²) in [4.78, 5) is 14.4. The summed E-state index contributed by atoms with van der Waals surface area (Å²) in [7, 11) is 1.71. The third kappa shape index (κ3) is 3.84. The summed E-state index contributed by atoms with van der Waals surface area (Å²) in [6.45, 7) is 3.95. The molecule has 2 unspecified atom stereocenters. The van der Waals surface area contributed by atoms with Crippen LogP contribution in [-0.4, -0.2) is 43.7 Å². The number of nitrogens with two attached hydrogens (primary N) is 1. The summed E-state index contributed by atoms with van der Waals surface area (Å²) in [6.07, 6.45) is 1.10. The Labute approximate surface area is 126 Å². The number of carbonyl (C=O) groups excluding carboxylic acids is 1. The fraction of sp³-hybridized carbons (Fsp3) is 0.471. The Bertz CT molecular complexity index is 542. The van der Waals surface area contributed by atoms with Crippen LogP contribution >= 0.6 is 0 Å². The topological polar surface area (TPSA) is 55.6 Å². The summed E-state index contributed by atoms with van der Waals surface area (Å²) in [5.41, 5.74) is 6.91. The Balaban J connectivity index is 2.06. The highest BCUT2D eigenvalue weighted by atomic mass is 16.5. The van der Waals surface area contributed by atoms with E-state index in [1.165, 1.54) is 0 Å². The van der Waals surface area contributed by atoms with Crippen molar-refractivity contribution in [3.05, 3.63) is 35.4 Å². The van der Waals surface area contributed by atoms with E-state index in [1.807, 2.05) is 29.2 Å². The second kappa shape index (κ2) is 7.26. The molecule has 4 heteroatoms. The molecule has 2 N–H and O–H groups in total. The summed E-state index contributed by atoms with van der Waals surface area (Å²) in [5.74, 6) is 6.30. The van der Waals surface area contributed by atoms with Crippen molar-refractivity contribution < 1.29 is 9.53 Å². The second-order valence-corrected chi connectivity index (χ2v) is 5.37. The standard InChI is InChI=1S/C17H22N2O2/c1-13-9-11-19(12-16(13)21-2)17(20)15-7-5-14(6-8-15)4-3-10-18/h5-8,13,16H,9-12,18H2,1-2H3. The van der Waals surface area contributed by atoms with E-state index in [4.69, 9.17) is 10.5 Å². The molecule has 1 amide bonds. The summed E-state index contributed by atoms with van der Waals surface area (Å²) in [6, 6.07) is 7.36. The maximum atomic E-state index is 12.5. The molecule has 2 rings (SSSR count). The molecule has 0 aliphatic carbocycles. The molecular weight excluding hydrogens is 264 g/mol. The van der Waals surface area contributed by atoms with Gasteiger partial charge in [0.05, 0.1) is 12.6 Å². The lowest BCUT2D eigenvalue weighted by molar-refractivity contribution is -0.00156. The predicted molar refractivity (Wildman–Crippen MR) is 82.9 cm³/mol. The Morgan fingerprint density at radius 2 is 2.14 bits per heavy atom. The van der Waals surface area contributed by atoms with Gasteiger partial charge < -0.3 is 15.4 Å². The number of amides is 1. The minimum atomic E-state index is 0.0577. The molecule has 1 aliphatic rings. The third-order valence-corrected chi connectivity index (χ3v) is 3.95. The maximum absolute atomic E-state index is 12.5. The Hall–Kier alpha value is -1.83. The van der Waals surface area contributed by atoms with Gasteiger partial charge in [-0.3, -0.25) is 4.79 Å². The van der Waals surface area contributed by atoms with E-state index in [9.17, 15) is 4.79 Å². The first-order chi connectivity index (χ1) is 10.2. The van der Waals surface area contributed by atoms with E-state index in [0.717, 1.165) is 18.5 Å². The van der Waals surface area contributed by atoms with E-state index in [1.54, 1.807) is 7.11 Å². The lowest BCUT2D eigenvalue weighted by Crippen LogP contribution is -2.46. The molecule has 1 fully saturated rings. The average Bonchev–Trinajstić information content (AvgIpc) is 2.53. The molecule has 2 atom stereocenters. The number of carbonyl (C=O) groups is 1. The predicted octanol–water partition coefficient (Wildman–Crippen LogP) is 1.49. The zero-order valence-corrected chi connectivity index (χ0v) is 12.6. The van der Waals surface area contributed by atoms with Crippen molar-refractivity contribution in [1.29, 1.82) is 0 Å². The van der Waals surface area contributed by atoms with Crippen molar-refractivity contribution in [3.63, 3.8) is 0 Å². The number of benzene rings is 1. The highest BCUT2D eigenvalue weighted by Gasteiger charge is 2.29. The Morgan fingerprint density at radius 3 is 2.76 bits per heavy atom. The maximum Gasteiger partial charge on any atom is 0.253 e. The Morgan fingerprint density at radius 1 is 1.43 bits per heavy atom. The number of ether oxygens (including phenoxy) is 1. The van der Waals surface area contributed by atoms with Gasteiger partial charge in [-0.1, -0.05) is 18.8 Å². The third-order valence-electron chi connectivity index (χ3n) is 3.95. The molecule has 1 aromatic carbocycles. The van der Waals surface area contributed by atoms with Gasteiger partial charge in [0.25, 0.3) is 5.91 Å². The number of nitrogens with zero attached hydrogens (tertiary/aromatic N) is 1. The van der Waals surface area contributed by atoms with Crippen LogP contribution in [0.2, 0.25) is 0 Å². The van der Waals surface area contributed by atoms with Crippen molar-refractivity contribution in [2.45, 2.75) is 19.4 Å². The first-order valence-corrected chi connectivity index (χ1v) is 7.26. The highest BCUT2D eigenvalue weighted by molar-refractivity contribution is 5.94. The molecule has 1 saturated heterocycles. The molecule has 4 nitrogen and oxygen atoms in total. The van der Waals surface area contributed by atoms with Crippen LogP contribution in [0.3, 0.4) is 0 Å². The number of hydrogen-bond donors (Lipinski definition) is 1. The summed E-state index contributed by atoms with van der Waals surface area (Å²) >= 11 is 0. The molecular formula is C17H22N2O2. The number of piperidine rings is 1. The van der Waals surface area contributed by atoms with Gasteiger partial charge in [-0.25, -0.2) is 0 Å². The molecule has 0 bridgehead atoms. The van der Waals surface area contributed by atoms with Crippen LogP contribution in [0.1, 0.15) is 29.3 Å². The highest BCUT2D eigenvalue weighted by Crippen LogP contribution is 2.21. The lowest BCUT2D eigenvalue weighted by atomic mass is 9.95. The number of hydrogen-bond acceptors (Lipinski definition) is 3. The largest absolute Gasteiger partial charge is 0.379 e. The minimum Gasteiger partial charge on any atom is -0.379 e. The van der Waals surface area contributed by atoms with Gasteiger partial charge in [0, 0.05) is 31.3 Å². The molecule has 1 aromatic rings.